The first kappa shape index (κ1) is 17.0. The molecule has 19 heavy (non-hydrogen) atoms. The number of hydrogen-bond donors (Lipinski definition) is 0. The number of rotatable bonds is 9. The van der Waals surface area contributed by atoms with E-state index in [0.29, 0.717) is 5.92 Å². The molecule has 1 fully saturated rings. The third-order valence-electron chi connectivity index (χ3n) is 4.57. The molecular weight excluding hydrogens is 236 g/mol. The second-order valence-corrected chi connectivity index (χ2v) is 6.86. The lowest BCUT2D eigenvalue weighted by Gasteiger charge is -2.30. The van der Waals surface area contributed by atoms with Crippen molar-refractivity contribution in [1.29, 1.82) is 0 Å². The van der Waals surface area contributed by atoms with E-state index in [9.17, 15) is 0 Å². The molecule has 0 aromatic rings. The molecule has 1 saturated heterocycles. The molecule has 2 nitrogen and oxygen atoms in total. The van der Waals surface area contributed by atoms with Crippen LogP contribution in [0.25, 0.3) is 0 Å². The maximum atomic E-state index is 6.22. The van der Waals surface area contributed by atoms with Crippen molar-refractivity contribution >= 4 is 0 Å². The molecule has 0 radical (unpaired) electrons. The first-order valence-corrected chi connectivity index (χ1v) is 8.26. The van der Waals surface area contributed by atoms with Gasteiger partial charge in [-0.1, -0.05) is 59.3 Å². The second kappa shape index (κ2) is 7.64. The van der Waals surface area contributed by atoms with E-state index in [-0.39, 0.29) is 11.4 Å². The van der Waals surface area contributed by atoms with Gasteiger partial charge >= 0.3 is 0 Å². The van der Waals surface area contributed by atoms with Crippen LogP contribution in [0.1, 0.15) is 86.0 Å². The van der Waals surface area contributed by atoms with Gasteiger partial charge in [0.2, 0.25) is 0 Å². The van der Waals surface area contributed by atoms with Crippen LogP contribution in [0, 0.1) is 5.92 Å². The zero-order valence-corrected chi connectivity index (χ0v) is 13.8. The van der Waals surface area contributed by atoms with Gasteiger partial charge in [-0.2, -0.15) is 0 Å². The van der Waals surface area contributed by atoms with E-state index in [2.05, 4.69) is 34.6 Å². The largest absolute Gasteiger partial charge is 0.347 e. The molecular formula is C17H34O2. The summed E-state index contributed by atoms with van der Waals surface area (Å²) in [6.45, 7) is 11.7. The molecule has 0 N–H and O–H groups in total. The lowest BCUT2D eigenvalue weighted by molar-refractivity contribution is -0.183. The number of unbranched alkanes of at least 4 members (excludes halogenated alkanes) is 6. The monoisotopic (exact) mass is 270 g/mol. The van der Waals surface area contributed by atoms with Gasteiger partial charge in [-0.25, -0.2) is 0 Å². The minimum atomic E-state index is -0.345. The molecule has 114 valence electrons. The van der Waals surface area contributed by atoms with Crippen LogP contribution in [0.2, 0.25) is 0 Å². The summed E-state index contributed by atoms with van der Waals surface area (Å²) < 4.78 is 12.2. The Kier molecular flexibility index (Phi) is 6.82. The van der Waals surface area contributed by atoms with Gasteiger partial charge in [0.1, 0.15) is 0 Å². The van der Waals surface area contributed by atoms with Crippen LogP contribution >= 0.6 is 0 Å². The fraction of sp³-hybridized carbons (Fsp3) is 1.00. The fourth-order valence-corrected chi connectivity index (χ4v) is 2.66. The summed E-state index contributed by atoms with van der Waals surface area (Å²) in [5.74, 6) is 0.158. The zero-order chi connectivity index (χ0) is 14.4. The normalized spacial score (nSPS) is 31.3. The van der Waals surface area contributed by atoms with Gasteiger partial charge in [0.25, 0.3) is 0 Å². The summed E-state index contributed by atoms with van der Waals surface area (Å²) in [6, 6.07) is 0. The van der Waals surface area contributed by atoms with Crippen LogP contribution in [-0.4, -0.2) is 18.0 Å². The van der Waals surface area contributed by atoms with Crippen molar-refractivity contribution in [3.63, 3.8) is 0 Å². The van der Waals surface area contributed by atoms with Gasteiger partial charge in [-0.15, -0.1) is 0 Å². The molecule has 0 saturated carbocycles. The Hall–Kier alpha value is -0.0800. The highest BCUT2D eigenvalue weighted by atomic mass is 16.8. The van der Waals surface area contributed by atoms with E-state index >= 15 is 0 Å². The molecule has 0 aliphatic carbocycles. The highest BCUT2D eigenvalue weighted by Crippen LogP contribution is 2.38. The molecule has 1 rings (SSSR count). The van der Waals surface area contributed by atoms with Crippen LogP contribution in [-0.2, 0) is 9.47 Å². The van der Waals surface area contributed by atoms with Crippen molar-refractivity contribution in [2.24, 2.45) is 5.92 Å². The molecule has 0 aromatic carbocycles. The predicted octanol–water partition coefficient (Wildman–Crippen LogP) is 5.30. The van der Waals surface area contributed by atoms with Gasteiger partial charge in [-0.05, 0) is 26.2 Å². The van der Waals surface area contributed by atoms with Gasteiger partial charge in [0, 0.05) is 6.42 Å². The van der Waals surface area contributed by atoms with Crippen molar-refractivity contribution < 1.29 is 9.47 Å². The topological polar surface area (TPSA) is 18.5 Å². The summed E-state index contributed by atoms with van der Waals surface area (Å²) >= 11 is 0. The Morgan fingerprint density at radius 3 is 2.05 bits per heavy atom. The van der Waals surface area contributed by atoms with Gasteiger partial charge < -0.3 is 9.47 Å². The molecule has 0 bridgehead atoms. The summed E-state index contributed by atoms with van der Waals surface area (Å²) in [5, 5.41) is 0. The van der Waals surface area contributed by atoms with Crippen LogP contribution in [0.4, 0.5) is 0 Å². The Morgan fingerprint density at radius 1 is 0.947 bits per heavy atom. The highest BCUT2D eigenvalue weighted by Gasteiger charge is 2.46. The zero-order valence-electron chi connectivity index (χ0n) is 13.8. The quantitative estimate of drug-likeness (QED) is 0.529. The fourth-order valence-electron chi connectivity index (χ4n) is 2.66. The summed E-state index contributed by atoms with van der Waals surface area (Å²) in [5.41, 5.74) is -0.101. The lowest BCUT2D eigenvalue weighted by atomic mass is 9.93. The Bertz CT molecular complexity index is 252. The molecule has 2 heteroatoms. The van der Waals surface area contributed by atoms with E-state index < -0.39 is 0 Å². The molecule has 2 atom stereocenters. The first-order chi connectivity index (χ1) is 8.92. The SMILES string of the molecule is CCCCCCCCCC1(C)OCC(C)(C(C)C)O1. The molecule has 1 aliphatic rings. The average Bonchev–Trinajstić information content (AvgIpc) is 2.66. The van der Waals surface area contributed by atoms with Crippen LogP contribution < -0.4 is 0 Å². The van der Waals surface area contributed by atoms with Crippen molar-refractivity contribution in [1.82, 2.24) is 0 Å². The number of hydrogen-bond acceptors (Lipinski definition) is 2. The van der Waals surface area contributed by atoms with E-state index in [1.807, 2.05) is 0 Å². The summed E-state index contributed by atoms with van der Waals surface area (Å²) in [6.07, 6.45) is 10.4. The Balaban J connectivity index is 2.16. The van der Waals surface area contributed by atoms with E-state index in [1.54, 1.807) is 0 Å². The highest BCUT2D eigenvalue weighted by molar-refractivity contribution is 4.87. The van der Waals surface area contributed by atoms with Crippen molar-refractivity contribution in [3.8, 4) is 0 Å². The molecule has 1 aliphatic heterocycles. The second-order valence-electron chi connectivity index (χ2n) is 6.86. The van der Waals surface area contributed by atoms with Crippen molar-refractivity contribution in [2.75, 3.05) is 6.61 Å². The Labute approximate surface area is 120 Å². The van der Waals surface area contributed by atoms with Gasteiger partial charge in [-0.3, -0.25) is 0 Å². The predicted molar refractivity (Wildman–Crippen MR) is 81.3 cm³/mol. The van der Waals surface area contributed by atoms with Crippen molar-refractivity contribution in [2.45, 2.75) is 97.4 Å². The van der Waals surface area contributed by atoms with Gasteiger partial charge in [0.05, 0.1) is 12.2 Å². The third kappa shape index (κ3) is 5.43. The van der Waals surface area contributed by atoms with Gasteiger partial charge in [0.15, 0.2) is 5.79 Å². The lowest BCUT2D eigenvalue weighted by Crippen LogP contribution is -2.37. The van der Waals surface area contributed by atoms with E-state index in [0.717, 1.165) is 13.0 Å². The standard InChI is InChI=1S/C17H34O2/c1-6-7-8-9-10-11-12-13-17(5)18-14-16(4,19-17)15(2)3/h15H,6-14H2,1-5H3. The minimum Gasteiger partial charge on any atom is -0.347 e. The molecule has 1 heterocycles. The number of ether oxygens (including phenoxy) is 2. The van der Waals surface area contributed by atoms with E-state index in [4.69, 9.17) is 9.47 Å². The maximum absolute atomic E-state index is 6.22. The van der Waals surface area contributed by atoms with Crippen LogP contribution in [0.5, 0.6) is 0 Å². The average molecular weight is 270 g/mol. The molecule has 2 unspecified atom stereocenters. The summed E-state index contributed by atoms with van der Waals surface area (Å²) in [4.78, 5) is 0. The van der Waals surface area contributed by atoms with E-state index in [1.165, 1.54) is 44.9 Å². The van der Waals surface area contributed by atoms with Crippen molar-refractivity contribution in [3.05, 3.63) is 0 Å². The van der Waals surface area contributed by atoms with Crippen LogP contribution in [0.3, 0.4) is 0 Å². The third-order valence-corrected chi connectivity index (χ3v) is 4.57. The molecule has 0 aromatic heterocycles. The summed E-state index contributed by atoms with van der Waals surface area (Å²) in [7, 11) is 0. The molecule has 0 spiro atoms. The Morgan fingerprint density at radius 2 is 1.53 bits per heavy atom. The smallest absolute Gasteiger partial charge is 0.166 e. The minimum absolute atomic E-state index is 0.101. The molecule has 0 amide bonds. The maximum Gasteiger partial charge on any atom is 0.166 e. The first-order valence-electron chi connectivity index (χ1n) is 8.26. The van der Waals surface area contributed by atoms with Crippen LogP contribution in [0.15, 0.2) is 0 Å².